The van der Waals surface area contributed by atoms with Crippen LogP contribution in [0.15, 0.2) is 11.6 Å². The molecule has 2 rings (SSSR count). The first-order chi connectivity index (χ1) is 10.9. The molecule has 0 spiro atoms. The van der Waals surface area contributed by atoms with Gasteiger partial charge in [0.05, 0.1) is 13.1 Å². The maximum atomic E-state index is 12.5. The standard InChI is InChI=1S/C14H21N3O2S.CH2O2/c1-4-16-9-13(18)17(8-12-15-5-6-20-12)11(14(16)19)7-10(2)3;2-1-3/h5-6,10-11H,4,7-9H2,1-3H3;1H,(H,2,3)/t11-;/m0./s1. The van der Waals surface area contributed by atoms with E-state index in [4.69, 9.17) is 9.90 Å². The number of carbonyl (C=O) groups excluding carboxylic acids is 2. The van der Waals surface area contributed by atoms with Crippen LogP contribution in [0.1, 0.15) is 32.2 Å². The molecule has 1 N–H and O–H groups in total. The molecule has 2 amide bonds. The van der Waals surface area contributed by atoms with Crippen molar-refractivity contribution in [3.05, 3.63) is 16.6 Å². The monoisotopic (exact) mass is 341 g/mol. The Kier molecular flexibility index (Phi) is 7.67. The van der Waals surface area contributed by atoms with E-state index >= 15 is 0 Å². The number of aromatic nitrogens is 1. The highest BCUT2D eigenvalue weighted by atomic mass is 32.1. The van der Waals surface area contributed by atoms with Crippen molar-refractivity contribution in [3.63, 3.8) is 0 Å². The molecular weight excluding hydrogens is 318 g/mol. The first-order valence-electron chi connectivity index (χ1n) is 7.49. The lowest BCUT2D eigenvalue weighted by Gasteiger charge is -2.40. The molecule has 0 saturated carbocycles. The summed E-state index contributed by atoms with van der Waals surface area (Å²) in [7, 11) is 0. The van der Waals surface area contributed by atoms with Gasteiger partial charge in [0.2, 0.25) is 11.8 Å². The highest BCUT2D eigenvalue weighted by Gasteiger charge is 2.39. The van der Waals surface area contributed by atoms with E-state index in [0.29, 0.717) is 25.4 Å². The fourth-order valence-electron chi connectivity index (χ4n) is 2.47. The zero-order valence-corrected chi connectivity index (χ0v) is 14.5. The number of likely N-dealkylation sites (N-methyl/N-ethyl adjacent to an activating group) is 1. The van der Waals surface area contributed by atoms with Crippen LogP contribution in [0.2, 0.25) is 0 Å². The van der Waals surface area contributed by atoms with Crippen molar-refractivity contribution in [1.29, 1.82) is 0 Å². The number of piperazine rings is 1. The van der Waals surface area contributed by atoms with E-state index in [2.05, 4.69) is 18.8 Å². The minimum absolute atomic E-state index is 0.0206. The zero-order valence-electron chi connectivity index (χ0n) is 13.6. The molecule has 128 valence electrons. The third kappa shape index (κ3) is 5.31. The Balaban J connectivity index is 0.000000816. The zero-order chi connectivity index (χ0) is 17.4. The third-order valence-electron chi connectivity index (χ3n) is 3.48. The average Bonchev–Trinajstić information content (AvgIpc) is 3.00. The Morgan fingerprint density at radius 1 is 1.48 bits per heavy atom. The summed E-state index contributed by atoms with van der Waals surface area (Å²) in [5, 5.41) is 9.66. The summed E-state index contributed by atoms with van der Waals surface area (Å²) in [6, 6.07) is -0.347. The van der Waals surface area contributed by atoms with E-state index in [1.807, 2.05) is 12.3 Å². The van der Waals surface area contributed by atoms with Gasteiger partial charge in [-0.15, -0.1) is 11.3 Å². The van der Waals surface area contributed by atoms with Gasteiger partial charge in [-0.2, -0.15) is 0 Å². The van der Waals surface area contributed by atoms with Gasteiger partial charge in [0.15, 0.2) is 0 Å². The number of thiazole rings is 1. The fourth-order valence-corrected chi connectivity index (χ4v) is 3.08. The largest absolute Gasteiger partial charge is 0.483 e. The van der Waals surface area contributed by atoms with Crippen LogP contribution in [0.25, 0.3) is 0 Å². The lowest BCUT2D eigenvalue weighted by molar-refractivity contribution is -0.157. The van der Waals surface area contributed by atoms with Crippen LogP contribution in [0, 0.1) is 5.92 Å². The van der Waals surface area contributed by atoms with Gasteiger partial charge in [-0.25, -0.2) is 4.98 Å². The van der Waals surface area contributed by atoms with E-state index in [-0.39, 0.29) is 30.9 Å². The van der Waals surface area contributed by atoms with Crippen LogP contribution in [0.5, 0.6) is 0 Å². The van der Waals surface area contributed by atoms with Crippen molar-refractivity contribution < 1.29 is 19.5 Å². The van der Waals surface area contributed by atoms with E-state index in [1.165, 1.54) is 11.3 Å². The smallest absolute Gasteiger partial charge is 0.290 e. The highest BCUT2D eigenvalue weighted by molar-refractivity contribution is 7.09. The summed E-state index contributed by atoms with van der Waals surface area (Å²) in [5.74, 6) is 0.456. The average molecular weight is 341 g/mol. The summed E-state index contributed by atoms with van der Waals surface area (Å²) in [4.78, 5) is 40.8. The third-order valence-corrected chi connectivity index (χ3v) is 4.25. The van der Waals surface area contributed by atoms with Crippen molar-refractivity contribution in [1.82, 2.24) is 14.8 Å². The number of carbonyl (C=O) groups is 3. The minimum atomic E-state index is -0.347. The van der Waals surface area contributed by atoms with Crippen LogP contribution < -0.4 is 0 Å². The molecule has 0 aliphatic carbocycles. The van der Waals surface area contributed by atoms with Crippen LogP contribution in [0.4, 0.5) is 0 Å². The maximum absolute atomic E-state index is 12.5. The summed E-state index contributed by atoms with van der Waals surface area (Å²) < 4.78 is 0. The van der Waals surface area contributed by atoms with Gasteiger partial charge in [0, 0.05) is 18.1 Å². The highest BCUT2D eigenvalue weighted by Crippen LogP contribution is 2.22. The SMILES string of the molecule is CCN1CC(=O)N(Cc2nccs2)[C@@H](CC(C)C)C1=O.O=CO. The molecule has 23 heavy (non-hydrogen) atoms. The predicted octanol–water partition coefficient (Wildman–Crippen LogP) is 1.45. The molecule has 0 radical (unpaired) electrons. The second-order valence-corrected chi connectivity index (χ2v) is 6.53. The molecule has 2 heterocycles. The van der Waals surface area contributed by atoms with Gasteiger partial charge in [-0.05, 0) is 19.3 Å². The first kappa shape index (κ1) is 19.1. The van der Waals surface area contributed by atoms with Gasteiger partial charge < -0.3 is 14.9 Å². The number of hydrogen-bond acceptors (Lipinski definition) is 5. The summed E-state index contributed by atoms with van der Waals surface area (Å²) >= 11 is 1.52. The molecule has 8 heteroatoms. The number of rotatable bonds is 5. The van der Waals surface area contributed by atoms with Gasteiger partial charge in [-0.3, -0.25) is 14.4 Å². The number of amides is 2. The van der Waals surface area contributed by atoms with E-state index in [1.54, 1.807) is 16.0 Å². The molecule has 1 aliphatic heterocycles. The Hall–Kier alpha value is -1.96. The molecule has 1 saturated heterocycles. The molecule has 1 aromatic heterocycles. The summed E-state index contributed by atoms with van der Waals surface area (Å²) in [6.07, 6.45) is 2.43. The molecule has 1 atom stereocenters. The Morgan fingerprint density at radius 2 is 2.13 bits per heavy atom. The number of carboxylic acid groups (broad SMARTS) is 1. The molecule has 1 aliphatic rings. The topological polar surface area (TPSA) is 90.8 Å². The summed E-state index contributed by atoms with van der Waals surface area (Å²) in [5.41, 5.74) is 0. The number of nitrogens with zero attached hydrogens (tertiary/aromatic N) is 3. The molecule has 1 fully saturated rings. The van der Waals surface area contributed by atoms with Crippen LogP contribution >= 0.6 is 11.3 Å². The Labute approximate surface area is 139 Å². The molecule has 7 nitrogen and oxygen atoms in total. The minimum Gasteiger partial charge on any atom is -0.483 e. The van der Waals surface area contributed by atoms with E-state index in [0.717, 1.165) is 5.01 Å². The molecule has 0 unspecified atom stereocenters. The molecule has 1 aromatic rings. The molecular formula is C15H23N3O4S. The van der Waals surface area contributed by atoms with E-state index in [9.17, 15) is 9.59 Å². The Morgan fingerprint density at radius 3 is 2.61 bits per heavy atom. The maximum Gasteiger partial charge on any atom is 0.290 e. The van der Waals surface area contributed by atoms with Gasteiger partial charge in [0.25, 0.3) is 6.47 Å². The molecule has 0 aromatic carbocycles. The quantitative estimate of drug-likeness (QED) is 0.819. The van der Waals surface area contributed by atoms with Gasteiger partial charge in [0.1, 0.15) is 11.0 Å². The second kappa shape index (κ2) is 9.24. The Bertz CT molecular complexity index is 519. The van der Waals surface area contributed by atoms with Crippen LogP contribution in [0.3, 0.4) is 0 Å². The number of hydrogen-bond donors (Lipinski definition) is 1. The first-order valence-corrected chi connectivity index (χ1v) is 8.36. The van der Waals surface area contributed by atoms with Crippen LogP contribution in [-0.4, -0.2) is 57.3 Å². The lowest BCUT2D eigenvalue weighted by Crippen LogP contribution is -2.59. The fraction of sp³-hybridized carbons (Fsp3) is 0.600. The van der Waals surface area contributed by atoms with E-state index < -0.39 is 0 Å². The molecule has 0 bridgehead atoms. The van der Waals surface area contributed by atoms with Gasteiger partial charge in [-0.1, -0.05) is 13.8 Å². The van der Waals surface area contributed by atoms with Crippen molar-refractivity contribution in [2.24, 2.45) is 5.92 Å². The van der Waals surface area contributed by atoms with Crippen molar-refractivity contribution in [2.75, 3.05) is 13.1 Å². The summed E-state index contributed by atoms with van der Waals surface area (Å²) in [6.45, 7) is 7.03. The van der Waals surface area contributed by atoms with Crippen molar-refractivity contribution >= 4 is 29.6 Å². The van der Waals surface area contributed by atoms with Gasteiger partial charge >= 0.3 is 0 Å². The van der Waals surface area contributed by atoms with Crippen molar-refractivity contribution in [2.45, 2.75) is 39.8 Å². The van der Waals surface area contributed by atoms with Crippen LogP contribution in [-0.2, 0) is 20.9 Å². The van der Waals surface area contributed by atoms with Crippen molar-refractivity contribution in [3.8, 4) is 0 Å². The normalized spacial score (nSPS) is 18.0. The lowest BCUT2D eigenvalue weighted by atomic mass is 9.99. The predicted molar refractivity (Wildman–Crippen MR) is 86.9 cm³/mol. The second-order valence-electron chi connectivity index (χ2n) is 5.55.